The smallest absolute Gasteiger partial charge is 0.389 e. The molecule has 0 aromatic carbocycles. The minimum absolute atomic E-state index is 0.363. The Bertz CT molecular complexity index is 481. The lowest BCUT2D eigenvalue weighted by Crippen LogP contribution is -2.53. The summed E-state index contributed by atoms with van der Waals surface area (Å²) >= 11 is 1.50. The Balaban J connectivity index is 1.74. The van der Waals surface area contributed by atoms with Gasteiger partial charge in [0.1, 0.15) is 0 Å². The Morgan fingerprint density at radius 1 is 1.55 bits per heavy atom. The molecule has 1 saturated heterocycles. The molecule has 0 bridgehead atoms. The molecule has 2 atom stereocenters. The lowest BCUT2D eigenvalue weighted by Gasteiger charge is -2.36. The van der Waals surface area contributed by atoms with Crippen LogP contribution in [0.2, 0.25) is 0 Å². The number of carbonyl (C=O) groups excluding carboxylic acids is 1. The van der Waals surface area contributed by atoms with Crippen LogP contribution in [0.5, 0.6) is 0 Å². The number of alkyl halides is 3. The highest BCUT2D eigenvalue weighted by Gasteiger charge is 2.31. The van der Waals surface area contributed by atoms with Gasteiger partial charge in [0.15, 0.2) is 0 Å². The molecule has 9 heteroatoms. The molecule has 5 nitrogen and oxygen atoms in total. The van der Waals surface area contributed by atoms with Crippen molar-refractivity contribution in [3.63, 3.8) is 0 Å². The van der Waals surface area contributed by atoms with Crippen LogP contribution in [0.1, 0.15) is 25.0 Å². The topological polar surface area (TPSA) is 65.5 Å². The highest BCUT2D eigenvalue weighted by atomic mass is 32.1. The molecule has 0 unspecified atom stereocenters. The largest absolute Gasteiger partial charge is 0.390 e. The van der Waals surface area contributed by atoms with Crippen LogP contribution in [0.3, 0.4) is 0 Å². The van der Waals surface area contributed by atoms with Gasteiger partial charge in [-0.25, -0.2) is 4.98 Å². The highest BCUT2D eigenvalue weighted by Crippen LogP contribution is 2.21. The molecule has 0 saturated carbocycles. The second-order valence-corrected chi connectivity index (χ2v) is 6.08. The van der Waals surface area contributed by atoms with E-state index < -0.39 is 37.1 Å². The van der Waals surface area contributed by atoms with Gasteiger partial charge in [0, 0.05) is 31.4 Å². The van der Waals surface area contributed by atoms with Gasteiger partial charge in [-0.3, -0.25) is 9.69 Å². The molecule has 1 aliphatic heterocycles. The van der Waals surface area contributed by atoms with Crippen molar-refractivity contribution in [2.45, 2.75) is 44.1 Å². The first-order valence-electron chi connectivity index (χ1n) is 6.97. The number of aliphatic hydroxyl groups is 1. The zero-order valence-corrected chi connectivity index (χ0v) is 12.7. The fourth-order valence-electron chi connectivity index (χ4n) is 2.39. The number of likely N-dealkylation sites (tertiary alicyclic amines) is 1. The number of nitrogens with zero attached hydrogens (tertiary/aromatic N) is 2. The highest BCUT2D eigenvalue weighted by molar-refractivity contribution is 7.07. The third-order valence-corrected chi connectivity index (χ3v) is 4.15. The van der Waals surface area contributed by atoms with Crippen LogP contribution >= 0.6 is 11.3 Å². The van der Waals surface area contributed by atoms with Crippen molar-refractivity contribution >= 4 is 17.2 Å². The maximum Gasteiger partial charge on any atom is 0.389 e. The Labute approximate surface area is 130 Å². The summed E-state index contributed by atoms with van der Waals surface area (Å²) in [6.07, 6.45) is -6.37. The predicted molar refractivity (Wildman–Crippen MR) is 75.2 cm³/mol. The van der Waals surface area contributed by atoms with Gasteiger partial charge in [0.25, 0.3) is 0 Å². The van der Waals surface area contributed by atoms with Crippen LogP contribution in [0.15, 0.2) is 10.9 Å². The number of aromatic nitrogens is 1. The van der Waals surface area contributed by atoms with E-state index >= 15 is 0 Å². The minimum atomic E-state index is -4.34. The van der Waals surface area contributed by atoms with Gasteiger partial charge in [-0.2, -0.15) is 13.2 Å². The van der Waals surface area contributed by atoms with Crippen molar-refractivity contribution < 1.29 is 23.1 Å². The second-order valence-electron chi connectivity index (χ2n) is 5.36. The summed E-state index contributed by atoms with van der Waals surface area (Å²) in [7, 11) is 0. The zero-order valence-electron chi connectivity index (χ0n) is 11.8. The summed E-state index contributed by atoms with van der Waals surface area (Å²) in [6, 6.07) is -0.493. The molecule has 2 rings (SSSR count). The first kappa shape index (κ1) is 17.2. The van der Waals surface area contributed by atoms with Gasteiger partial charge >= 0.3 is 6.18 Å². The van der Waals surface area contributed by atoms with Gasteiger partial charge in [-0.05, 0) is 6.42 Å². The quantitative estimate of drug-likeness (QED) is 0.855. The van der Waals surface area contributed by atoms with E-state index in [1.54, 1.807) is 5.51 Å². The number of nitrogens with one attached hydrogen (secondary N) is 1. The van der Waals surface area contributed by atoms with E-state index in [2.05, 4.69) is 10.3 Å². The summed E-state index contributed by atoms with van der Waals surface area (Å²) < 4.78 is 36.2. The minimum Gasteiger partial charge on any atom is -0.390 e. The predicted octanol–water partition coefficient (Wildman–Crippen LogP) is 1.54. The van der Waals surface area contributed by atoms with Crippen LogP contribution in [0.4, 0.5) is 13.2 Å². The first-order valence-corrected chi connectivity index (χ1v) is 7.91. The van der Waals surface area contributed by atoms with E-state index in [0.717, 1.165) is 5.69 Å². The van der Waals surface area contributed by atoms with E-state index in [-0.39, 0.29) is 0 Å². The SMILES string of the molecule is O=C(CCC(F)(F)F)N[C@@H]1CCN(Cc2cscn2)C[C@H]1O. The number of β-amino-alcohol motifs (C(OH)–C–C–N with tert-alkyl or cyclic N) is 1. The van der Waals surface area contributed by atoms with Crippen LogP contribution in [-0.4, -0.2) is 52.3 Å². The molecule has 2 heterocycles. The summed E-state index contributed by atoms with van der Waals surface area (Å²) in [4.78, 5) is 17.7. The van der Waals surface area contributed by atoms with Crippen LogP contribution in [0, 0.1) is 0 Å². The fraction of sp³-hybridized carbons (Fsp3) is 0.692. The number of halogens is 3. The maximum absolute atomic E-state index is 12.1. The molecule has 1 aromatic heterocycles. The number of aliphatic hydroxyl groups excluding tert-OH is 1. The lowest BCUT2D eigenvalue weighted by atomic mass is 10.0. The summed E-state index contributed by atoms with van der Waals surface area (Å²) in [5, 5.41) is 14.5. The maximum atomic E-state index is 12.1. The Kier molecular flexibility index (Phi) is 5.76. The monoisotopic (exact) mass is 337 g/mol. The fourth-order valence-corrected chi connectivity index (χ4v) is 2.94. The molecule has 1 amide bonds. The summed E-state index contributed by atoms with van der Waals surface area (Å²) in [5.41, 5.74) is 2.66. The van der Waals surface area contributed by atoms with Crippen molar-refractivity contribution in [2.24, 2.45) is 0 Å². The average Bonchev–Trinajstić information content (AvgIpc) is 2.92. The third-order valence-electron chi connectivity index (χ3n) is 3.52. The van der Waals surface area contributed by atoms with Crippen molar-refractivity contribution in [3.8, 4) is 0 Å². The van der Waals surface area contributed by atoms with Crippen molar-refractivity contribution in [1.82, 2.24) is 15.2 Å². The van der Waals surface area contributed by atoms with Crippen LogP contribution in [-0.2, 0) is 11.3 Å². The lowest BCUT2D eigenvalue weighted by molar-refractivity contribution is -0.145. The van der Waals surface area contributed by atoms with Gasteiger partial charge in [-0.1, -0.05) is 0 Å². The van der Waals surface area contributed by atoms with E-state index in [0.29, 0.717) is 26.1 Å². The molecule has 22 heavy (non-hydrogen) atoms. The molecule has 124 valence electrons. The van der Waals surface area contributed by atoms with Gasteiger partial charge in [0.05, 0.1) is 29.8 Å². The van der Waals surface area contributed by atoms with E-state index in [1.807, 2.05) is 10.3 Å². The van der Waals surface area contributed by atoms with Crippen molar-refractivity contribution in [2.75, 3.05) is 13.1 Å². The molecule has 0 aliphatic carbocycles. The number of piperidine rings is 1. The molecule has 0 spiro atoms. The van der Waals surface area contributed by atoms with E-state index in [9.17, 15) is 23.1 Å². The summed E-state index contributed by atoms with van der Waals surface area (Å²) in [6.45, 7) is 1.63. The number of carbonyl (C=O) groups is 1. The van der Waals surface area contributed by atoms with Gasteiger partial charge in [-0.15, -0.1) is 11.3 Å². The van der Waals surface area contributed by atoms with Crippen LogP contribution < -0.4 is 5.32 Å². The first-order chi connectivity index (χ1) is 10.3. The van der Waals surface area contributed by atoms with Crippen LogP contribution in [0.25, 0.3) is 0 Å². The Hall–Kier alpha value is -1.19. The van der Waals surface area contributed by atoms with Crippen molar-refractivity contribution in [3.05, 3.63) is 16.6 Å². The molecule has 1 aromatic rings. The Morgan fingerprint density at radius 3 is 2.91 bits per heavy atom. The normalized spacial score (nSPS) is 23.5. The average molecular weight is 337 g/mol. The third kappa shape index (κ3) is 5.54. The molecule has 1 aliphatic rings. The number of amides is 1. The zero-order chi connectivity index (χ0) is 16.2. The number of hydrogen-bond acceptors (Lipinski definition) is 5. The van der Waals surface area contributed by atoms with Gasteiger partial charge in [0.2, 0.25) is 5.91 Å². The number of hydrogen-bond donors (Lipinski definition) is 2. The standard InChI is InChI=1S/C13H18F3N3O2S/c14-13(15,16)3-1-12(21)18-10-2-4-19(6-11(10)20)5-9-7-22-8-17-9/h7-8,10-11,20H,1-6H2,(H,18,21)/t10-,11-/m1/s1. The number of rotatable bonds is 5. The van der Waals surface area contributed by atoms with E-state index in [4.69, 9.17) is 0 Å². The van der Waals surface area contributed by atoms with Crippen molar-refractivity contribution in [1.29, 1.82) is 0 Å². The Morgan fingerprint density at radius 2 is 2.32 bits per heavy atom. The summed E-state index contributed by atoms with van der Waals surface area (Å²) in [5.74, 6) is -0.672. The van der Waals surface area contributed by atoms with Gasteiger partial charge < -0.3 is 10.4 Å². The molecular formula is C13H18F3N3O2S. The molecule has 2 N–H and O–H groups in total. The molecule has 1 fully saturated rings. The molecular weight excluding hydrogens is 319 g/mol. The van der Waals surface area contributed by atoms with E-state index in [1.165, 1.54) is 11.3 Å². The molecule has 0 radical (unpaired) electrons. The second kappa shape index (κ2) is 7.38. The number of thiazole rings is 1.